The number of benzene rings is 1. The molecular weight excluding hydrogens is 200 g/mol. The van der Waals surface area contributed by atoms with Crippen molar-refractivity contribution in [3.8, 4) is 5.75 Å². The minimum absolute atomic E-state index is 0.215. The number of hydrogen-bond donors (Lipinski definition) is 0. The van der Waals surface area contributed by atoms with E-state index >= 15 is 0 Å². The average molecular weight is 218 g/mol. The van der Waals surface area contributed by atoms with Crippen LogP contribution in [0, 0.1) is 11.8 Å². The molecule has 86 valence electrons. The van der Waals surface area contributed by atoms with Crippen LogP contribution in [0.2, 0.25) is 0 Å². The van der Waals surface area contributed by atoms with E-state index in [0.29, 0.717) is 5.92 Å². The van der Waals surface area contributed by atoms with E-state index in [1.165, 1.54) is 12.8 Å². The smallest absolute Gasteiger partial charge is 0.166 e. The van der Waals surface area contributed by atoms with Crippen LogP contribution in [0.4, 0.5) is 0 Å². The zero-order valence-corrected chi connectivity index (χ0v) is 9.90. The molecule has 1 aliphatic rings. The second-order valence-electron chi connectivity index (χ2n) is 4.61. The van der Waals surface area contributed by atoms with Crippen LogP contribution in [0.1, 0.15) is 36.5 Å². The summed E-state index contributed by atoms with van der Waals surface area (Å²) in [6.45, 7) is 2.18. The lowest BCUT2D eigenvalue weighted by molar-refractivity contribution is 0.0897. The molecule has 2 rings (SSSR count). The SMILES string of the molecule is COc1cccc(C(=O)C2CCCC2C)c1. The quantitative estimate of drug-likeness (QED) is 0.727. The largest absolute Gasteiger partial charge is 0.497 e. The summed E-state index contributed by atoms with van der Waals surface area (Å²) < 4.78 is 5.14. The molecule has 0 N–H and O–H groups in total. The summed E-state index contributed by atoms with van der Waals surface area (Å²) in [5, 5.41) is 0. The summed E-state index contributed by atoms with van der Waals surface area (Å²) >= 11 is 0. The van der Waals surface area contributed by atoms with Crippen molar-refractivity contribution in [2.45, 2.75) is 26.2 Å². The molecule has 0 bridgehead atoms. The van der Waals surface area contributed by atoms with Crippen LogP contribution in [0.25, 0.3) is 0 Å². The normalized spacial score (nSPS) is 24.4. The minimum atomic E-state index is 0.215. The Bertz CT molecular complexity index is 384. The summed E-state index contributed by atoms with van der Waals surface area (Å²) in [5.41, 5.74) is 0.790. The number of hydrogen-bond acceptors (Lipinski definition) is 2. The molecule has 1 fully saturated rings. The lowest BCUT2D eigenvalue weighted by Crippen LogP contribution is -2.17. The first-order valence-electron chi connectivity index (χ1n) is 5.90. The number of ether oxygens (including phenoxy) is 1. The fourth-order valence-corrected chi connectivity index (χ4v) is 2.53. The van der Waals surface area contributed by atoms with Gasteiger partial charge in [-0.1, -0.05) is 25.5 Å². The summed E-state index contributed by atoms with van der Waals surface area (Å²) in [6.07, 6.45) is 3.40. The van der Waals surface area contributed by atoms with Gasteiger partial charge in [0, 0.05) is 11.5 Å². The maximum Gasteiger partial charge on any atom is 0.166 e. The molecule has 2 unspecified atom stereocenters. The van der Waals surface area contributed by atoms with Gasteiger partial charge in [-0.05, 0) is 30.9 Å². The van der Waals surface area contributed by atoms with Crippen LogP contribution in [0.5, 0.6) is 5.75 Å². The van der Waals surface area contributed by atoms with Crippen molar-refractivity contribution < 1.29 is 9.53 Å². The molecule has 0 spiro atoms. The first-order chi connectivity index (χ1) is 7.72. The number of ketones is 1. The van der Waals surface area contributed by atoms with Crippen molar-refractivity contribution in [2.75, 3.05) is 7.11 Å². The van der Waals surface area contributed by atoms with Gasteiger partial charge >= 0.3 is 0 Å². The zero-order chi connectivity index (χ0) is 11.5. The minimum Gasteiger partial charge on any atom is -0.497 e. The van der Waals surface area contributed by atoms with Gasteiger partial charge in [-0.2, -0.15) is 0 Å². The molecule has 0 aromatic heterocycles. The Balaban J connectivity index is 2.19. The molecule has 1 aliphatic carbocycles. The van der Waals surface area contributed by atoms with Crippen molar-refractivity contribution in [3.63, 3.8) is 0 Å². The van der Waals surface area contributed by atoms with Crippen LogP contribution >= 0.6 is 0 Å². The van der Waals surface area contributed by atoms with Gasteiger partial charge in [0.15, 0.2) is 5.78 Å². The molecule has 16 heavy (non-hydrogen) atoms. The number of carbonyl (C=O) groups excluding carboxylic acids is 1. The van der Waals surface area contributed by atoms with Crippen molar-refractivity contribution in [2.24, 2.45) is 11.8 Å². The van der Waals surface area contributed by atoms with Crippen molar-refractivity contribution in [1.29, 1.82) is 0 Å². The van der Waals surface area contributed by atoms with Gasteiger partial charge in [-0.15, -0.1) is 0 Å². The van der Waals surface area contributed by atoms with E-state index in [1.54, 1.807) is 7.11 Å². The molecule has 0 heterocycles. The predicted octanol–water partition coefficient (Wildman–Crippen LogP) is 3.31. The topological polar surface area (TPSA) is 26.3 Å². The summed E-state index contributed by atoms with van der Waals surface area (Å²) in [5.74, 6) is 1.78. The van der Waals surface area contributed by atoms with Gasteiger partial charge in [-0.25, -0.2) is 0 Å². The first kappa shape index (κ1) is 11.2. The monoisotopic (exact) mass is 218 g/mol. The van der Waals surface area contributed by atoms with Gasteiger partial charge in [0.1, 0.15) is 5.75 Å². The van der Waals surface area contributed by atoms with E-state index in [1.807, 2.05) is 24.3 Å². The summed E-state index contributed by atoms with van der Waals surface area (Å²) in [4.78, 5) is 12.3. The highest BCUT2D eigenvalue weighted by Crippen LogP contribution is 2.34. The lowest BCUT2D eigenvalue weighted by atomic mass is 9.89. The Labute approximate surface area is 96.6 Å². The third kappa shape index (κ3) is 2.11. The predicted molar refractivity (Wildman–Crippen MR) is 63.8 cm³/mol. The summed E-state index contributed by atoms with van der Waals surface area (Å²) in [6, 6.07) is 7.48. The number of carbonyl (C=O) groups is 1. The van der Waals surface area contributed by atoms with Gasteiger partial charge in [-0.3, -0.25) is 4.79 Å². The second kappa shape index (κ2) is 4.69. The van der Waals surface area contributed by atoms with Crippen LogP contribution in [-0.4, -0.2) is 12.9 Å². The van der Waals surface area contributed by atoms with Crippen LogP contribution < -0.4 is 4.74 Å². The fraction of sp³-hybridized carbons (Fsp3) is 0.500. The highest BCUT2D eigenvalue weighted by atomic mass is 16.5. The molecule has 2 nitrogen and oxygen atoms in total. The molecule has 2 atom stereocenters. The highest BCUT2D eigenvalue weighted by molar-refractivity contribution is 5.98. The Hall–Kier alpha value is -1.31. The fourth-order valence-electron chi connectivity index (χ4n) is 2.53. The van der Waals surface area contributed by atoms with Gasteiger partial charge in [0.05, 0.1) is 7.11 Å². The van der Waals surface area contributed by atoms with Crippen molar-refractivity contribution >= 4 is 5.78 Å². The van der Waals surface area contributed by atoms with E-state index in [-0.39, 0.29) is 11.7 Å². The third-order valence-electron chi connectivity index (χ3n) is 3.55. The Kier molecular flexibility index (Phi) is 3.28. The molecule has 1 saturated carbocycles. The average Bonchev–Trinajstić information content (AvgIpc) is 2.74. The third-order valence-corrected chi connectivity index (χ3v) is 3.55. The highest BCUT2D eigenvalue weighted by Gasteiger charge is 2.30. The molecule has 1 aromatic rings. The number of rotatable bonds is 3. The molecule has 2 heteroatoms. The maximum absolute atomic E-state index is 12.3. The van der Waals surface area contributed by atoms with E-state index in [9.17, 15) is 4.79 Å². The van der Waals surface area contributed by atoms with Crippen LogP contribution in [0.3, 0.4) is 0 Å². The Morgan fingerprint density at radius 1 is 1.38 bits per heavy atom. The van der Waals surface area contributed by atoms with Gasteiger partial charge in [0.2, 0.25) is 0 Å². The molecule has 0 aliphatic heterocycles. The molecule has 0 radical (unpaired) electrons. The van der Waals surface area contributed by atoms with E-state index in [2.05, 4.69) is 6.92 Å². The number of methoxy groups -OCH3 is 1. The lowest BCUT2D eigenvalue weighted by Gasteiger charge is -2.14. The zero-order valence-electron chi connectivity index (χ0n) is 9.90. The number of Topliss-reactive ketones (excluding diaryl/α,β-unsaturated/α-hetero) is 1. The standard InChI is InChI=1S/C14H18O2/c1-10-5-3-8-13(10)14(15)11-6-4-7-12(9-11)16-2/h4,6-7,9-10,13H,3,5,8H2,1-2H3. The molecule has 1 aromatic carbocycles. The van der Waals surface area contributed by atoms with E-state index in [0.717, 1.165) is 17.7 Å². The Morgan fingerprint density at radius 3 is 2.81 bits per heavy atom. The van der Waals surface area contributed by atoms with Crippen molar-refractivity contribution in [3.05, 3.63) is 29.8 Å². The van der Waals surface area contributed by atoms with E-state index in [4.69, 9.17) is 4.74 Å². The van der Waals surface area contributed by atoms with Crippen LogP contribution in [-0.2, 0) is 0 Å². The maximum atomic E-state index is 12.3. The van der Waals surface area contributed by atoms with Crippen molar-refractivity contribution in [1.82, 2.24) is 0 Å². The Morgan fingerprint density at radius 2 is 2.19 bits per heavy atom. The van der Waals surface area contributed by atoms with E-state index < -0.39 is 0 Å². The molecule has 0 saturated heterocycles. The van der Waals surface area contributed by atoms with Gasteiger partial charge < -0.3 is 4.74 Å². The van der Waals surface area contributed by atoms with Gasteiger partial charge in [0.25, 0.3) is 0 Å². The molecular formula is C14H18O2. The summed E-state index contributed by atoms with van der Waals surface area (Å²) in [7, 11) is 1.63. The second-order valence-corrected chi connectivity index (χ2v) is 4.61. The molecule has 0 amide bonds. The first-order valence-corrected chi connectivity index (χ1v) is 5.90. The van der Waals surface area contributed by atoms with Crippen LogP contribution in [0.15, 0.2) is 24.3 Å².